The summed E-state index contributed by atoms with van der Waals surface area (Å²) in [5.41, 5.74) is 5.77. The molecule has 0 aliphatic carbocycles. The van der Waals surface area contributed by atoms with E-state index in [1.807, 2.05) is 6.92 Å². The first-order chi connectivity index (χ1) is 15.5. The maximum absolute atomic E-state index is 10.2. The number of hydrogen-bond donors (Lipinski definition) is 5. The Bertz CT molecular complexity index is 368. The molecule has 0 spiro atoms. The predicted molar refractivity (Wildman–Crippen MR) is 142 cm³/mol. The lowest BCUT2D eigenvalue weighted by Gasteiger charge is -2.20. The smallest absolute Gasteiger partial charge is 0.0664 e. The summed E-state index contributed by atoms with van der Waals surface area (Å²) in [5.74, 6) is 0. The summed E-state index contributed by atoms with van der Waals surface area (Å²) in [6.45, 7) is 12.0. The zero-order valence-corrected chi connectivity index (χ0v) is 22.3. The van der Waals surface area contributed by atoms with Crippen molar-refractivity contribution >= 4 is 0 Å². The average molecular weight is 457 g/mol. The summed E-state index contributed by atoms with van der Waals surface area (Å²) in [6, 6.07) is 0.995. The van der Waals surface area contributed by atoms with Crippen molar-refractivity contribution < 1.29 is 5.11 Å². The van der Waals surface area contributed by atoms with Gasteiger partial charge in [0.25, 0.3) is 0 Å². The van der Waals surface area contributed by atoms with Gasteiger partial charge in [-0.1, -0.05) is 96.8 Å². The molecule has 0 radical (unpaired) electrons. The van der Waals surface area contributed by atoms with Crippen molar-refractivity contribution in [2.24, 2.45) is 5.73 Å². The highest BCUT2D eigenvalue weighted by atomic mass is 16.3. The predicted octanol–water partition coefficient (Wildman–Crippen LogP) is 5.11. The van der Waals surface area contributed by atoms with Crippen LogP contribution in [0, 0.1) is 0 Å². The van der Waals surface area contributed by atoms with E-state index in [0.717, 1.165) is 32.5 Å². The van der Waals surface area contributed by atoms with Crippen LogP contribution in [0.25, 0.3) is 0 Å². The molecule has 4 atom stereocenters. The lowest BCUT2D eigenvalue weighted by molar-refractivity contribution is 0.157. The van der Waals surface area contributed by atoms with E-state index in [2.05, 4.69) is 36.7 Å². The number of rotatable bonds is 25. The molecular weight excluding hydrogens is 396 g/mol. The molecule has 0 aromatic heterocycles. The van der Waals surface area contributed by atoms with Gasteiger partial charge in [-0.2, -0.15) is 0 Å². The normalized spacial score (nSPS) is 15.6. The van der Waals surface area contributed by atoms with E-state index in [0.29, 0.717) is 18.6 Å². The summed E-state index contributed by atoms with van der Waals surface area (Å²) in [6.07, 6.45) is 20.0. The molecule has 0 amide bonds. The second kappa shape index (κ2) is 23.9. The van der Waals surface area contributed by atoms with Gasteiger partial charge in [-0.05, 0) is 27.2 Å². The van der Waals surface area contributed by atoms with Gasteiger partial charge in [-0.15, -0.1) is 0 Å². The van der Waals surface area contributed by atoms with Gasteiger partial charge in [0.15, 0.2) is 0 Å². The van der Waals surface area contributed by atoms with Gasteiger partial charge in [-0.25, -0.2) is 0 Å². The largest absolute Gasteiger partial charge is 0.392 e. The van der Waals surface area contributed by atoms with Crippen LogP contribution in [0.5, 0.6) is 0 Å². The van der Waals surface area contributed by atoms with E-state index in [9.17, 15) is 5.11 Å². The molecule has 32 heavy (non-hydrogen) atoms. The molecule has 0 aromatic rings. The summed E-state index contributed by atoms with van der Waals surface area (Å²) in [5, 5.41) is 20.5. The number of aliphatic hydroxyl groups excluding tert-OH is 1. The van der Waals surface area contributed by atoms with E-state index in [1.54, 1.807) is 0 Å². The van der Waals surface area contributed by atoms with Crippen LogP contribution >= 0.6 is 0 Å². The van der Waals surface area contributed by atoms with Gasteiger partial charge in [0.1, 0.15) is 0 Å². The minimum atomic E-state index is -0.217. The number of hydrogen-bond acceptors (Lipinski definition) is 5. The first-order valence-electron chi connectivity index (χ1n) is 14.1. The first kappa shape index (κ1) is 31.8. The van der Waals surface area contributed by atoms with Gasteiger partial charge >= 0.3 is 0 Å². The summed E-state index contributed by atoms with van der Waals surface area (Å²) < 4.78 is 0. The fraction of sp³-hybridized carbons (Fsp3) is 1.00. The molecular formula is C27H60N4O. The van der Waals surface area contributed by atoms with Crippen molar-refractivity contribution in [2.75, 3.05) is 26.2 Å². The Kier molecular flexibility index (Phi) is 23.8. The van der Waals surface area contributed by atoms with Crippen molar-refractivity contribution in [1.29, 1.82) is 0 Å². The minimum absolute atomic E-state index is 0.192. The summed E-state index contributed by atoms with van der Waals surface area (Å²) in [4.78, 5) is 0. The van der Waals surface area contributed by atoms with E-state index in [4.69, 9.17) is 5.73 Å². The van der Waals surface area contributed by atoms with E-state index < -0.39 is 0 Å². The van der Waals surface area contributed by atoms with E-state index in [-0.39, 0.29) is 12.1 Å². The van der Waals surface area contributed by atoms with Crippen molar-refractivity contribution in [3.8, 4) is 0 Å². The molecule has 5 nitrogen and oxygen atoms in total. The highest BCUT2D eigenvalue weighted by Gasteiger charge is 2.08. The van der Waals surface area contributed by atoms with Crippen molar-refractivity contribution in [2.45, 2.75) is 148 Å². The van der Waals surface area contributed by atoms with Crippen LogP contribution in [-0.2, 0) is 0 Å². The molecule has 6 N–H and O–H groups in total. The van der Waals surface area contributed by atoms with Crippen molar-refractivity contribution in [3.63, 3.8) is 0 Å². The SMILES string of the molecule is CCCCCCCCCCCCCCCCC(O)CNCC(C)NCC(C)NCC(C)N. The molecule has 0 saturated carbocycles. The number of unbranched alkanes of at least 4 members (excludes halogenated alkanes) is 13. The number of nitrogens with one attached hydrogen (secondary N) is 3. The Morgan fingerprint density at radius 1 is 0.594 bits per heavy atom. The van der Waals surface area contributed by atoms with Crippen LogP contribution in [0.4, 0.5) is 0 Å². The summed E-state index contributed by atoms with van der Waals surface area (Å²) >= 11 is 0. The fourth-order valence-corrected chi connectivity index (χ4v) is 4.05. The maximum atomic E-state index is 10.2. The van der Waals surface area contributed by atoms with Gasteiger partial charge in [0.2, 0.25) is 0 Å². The Hall–Kier alpha value is -0.200. The molecule has 5 heteroatoms. The molecule has 194 valence electrons. The van der Waals surface area contributed by atoms with Crippen LogP contribution in [0.1, 0.15) is 124 Å². The minimum Gasteiger partial charge on any atom is -0.392 e. The molecule has 0 fully saturated rings. The molecule has 0 saturated heterocycles. The van der Waals surface area contributed by atoms with E-state index in [1.165, 1.54) is 83.5 Å². The Labute approximate surface area is 201 Å². The quantitative estimate of drug-likeness (QED) is 0.123. The highest BCUT2D eigenvalue weighted by molar-refractivity contribution is 4.72. The third-order valence-corrected chi connectivity index (χ3v) is 6.28. The Morgan fingerprint density at radius 2 is 1.03 bits per heavy atom. The number of nitrogens with two attached hydrogens (primary N) is 1. The zero-order valence-electron chi connectivity index (χ0n) is 22.3. The third kappa shape index (κ3) is 24.4. The lowest BCUT2D eigenvalue weighted by atomic mass is 10.0. The van der Waals surface area contributed by atoms with Crippen LogP contribution < -0.4 is 21.7 Å². The highest BCUT2D eigenvalue weighted by Crippen LogP contribution is 2.13. The topological polar surface area (TPSA) is 82.3 Å². The Balaban J connectivity index is 3.35. The first-order valence-corrected chi connectivity index (χ1v) is 14.1. The third-order valence-electron chi connectivity index (χ3n) is 6.28. The molecule has 0 rings (SSSR count). The average Bonchev–Trinajstić information content (AvgIpc) is 2.76. The standard InChI is InChI=1S/C27H60N4O/c1-5-6-7-8-9-10-11-12-13-14-15-16-17-18-19-27(32)23-29-21-25(3)31-22-26(4)30-20-24(2)28/h24-27,29-32H,5-23,28H2,1-4H3. The van der Waals surface area contributed by atoms with Crippen LogP contribution in [0.2, 0.25) is 0 Å². The van der Waals surface area contributed by atoms with Gasteiger partial charge in [0, 0.05) is 44.3 Å². The van der Waals surface area contributed by atoms with Crippen molar-refractivity contribution in [3.05, 3.63) is 0 Å². The van der Waals surface area contributed by atoms with Crippen LogP contribution in [-0.4, -0.2) is 55.5 Å². The second-order valence-electron chi connectivity index (χ2n) is 10.3. The lowest BCUT2D eigenvalue weighted by Crippen LogP contribution is -2.46. The van der Waals surface area contributed by atoms with Crippen LogP contribution in [0.3, 0.4) is 0 Å². The monoisotopic (exact) mass is 456 g/mol. The molecule has 0 bridgehead atoms. The number of aliphatic hydroxyl groups is 1. The molecule has 0 aliphatic rings. The fourth-order valence-electron chi connectivity index (χ4n) is 4.05. The van der Waals surface area contributed by atoms with Crippen LogP contribution in [0.15, 0.2) is 0 Å². The molecule has 0 heterocycles. The maximum Gasteiger partial charge on any atom is 0.0664 e. The molecule has 0 aromatic carbocycles. The van der Waals surface area contributed by atoms with Gasteiger partial charge < -0.3 is 26.8 Å². The van der Waals surface area contributed by atoms with E-state index >= 15 is 0 Å². The van der Waals surface area contributed by atoms with Gasteiger partial charge in [-0.3, -0.25) is 0 Å². The molecule has 4 unspecified atom stereocenters. The summed E-state index contributed by atoms with van der Waals surface area (Å²) in [7, 11) is 0. The Morgan fingerprint density at radius 3 is 1.53 bits per heavy atom. The zero-order chi connectivity index (χ0) is 23.9. The van der Waals surface area contributed by atoms with Crippen molar-refractivity contribution in [1.82, 2.24) is 16.0 Å². The molecule has 0 aliphatic heterocycles. The second-order valence-corrected chi connectivity index (χ2v) is 10.3. The van der Waals surface area contributed by atoms with Gasteiger partial charge in [0.05, 0.1) is 6.10 Å².